The van der Waals surface area contributed by atoms with Crippen molar-refractivity contribution in [2.75, 3.05) is 6.54 Å². The molecule has 0 unspecified atom stereocenters. The summed E-state index contributed by atoms with van der Waals surface area (Å²) >= 11 is 0. The van der Waals surface area contributed by atoms with Gasteiger partial charge >= 0.3 is 0 Å². The van der Waals surface area contributed by atoms with E-state index in [0.29, 0.717) is 35.8 Å². The SMILES string of the molecule is O=C(Cn1nc(-c2ccco2)ccc1=O)NC[C@@H]1C[C@H]2C=C[C@H]1C2. The van der Waals surface area contributed by atoms with Crippen LogP contribution in [0.3, 0.4) is 0 Å². The number of amides is 1. The van der Waals surface area contributed by atoms with E-state index < -0.39 is 0 Å². The molecular weight excluding hydrogens is 306 g/mol. The molecule has 2 aliphatic carbocycles. The smallest absolute Gasteiger partial charge is 0.267 e. The number of aromatic nitrogens is 2. The normalized spacial score (nSPS) is 24.4. The highest BCUT2D eigenvalue weighted by Gasteiger charge is 2.35. The van der Waals surface area contributed by atoms with E-state index in [2.05, 4.69) is 22.6 Å². The van der Waals surface area contributed by atoms with Gasteiger partial charge < -0.3 is 9.73 Å². The van der Waals surface area contributed by atoms with Gasteiger partial charge in [-0.25, -0.2) is 4.68 Å². The van der Waals surface area contributed by atoms with Crippen LogP contribution >= 0.6 is 0 Å². The number of carbonyl (C=O) groups excluding carboxylic acids is 1. The number of nitrogens with one attached hydrogen (secondary N) is 1. The second-order valence-electron chi connectivity index (χ2n) is 6.54. The number of rotatable bonds is 5. The maximum absolute atomic E-state index is 12.2. The summed E-state index contributed by atoms with van der Waals surface area (Å²) in [4.78, 5) is 24.1. The molecule has 6 nitrogen and oxygen atoms in total. The highest BCUT2D eigenvalue weighted by molar-refractivity contribution is 5.75. The molecule has 0 aromatic carbocycles. The van der Waals surface area contributed by atoms with Crippen LogP contribution in [0.25, 0.3) is 11.5 Å². The monoisotopic (exact) mass is 325 g/mol. The highest BCUT2D eigenvalue weighted by Crippen LogP contribution is 2.42. The number of furan rings is 1. The molecule has 24 heavy (non-hydrogen) atoms. The molecule has 124 valence electrons. The van der Waals surface area contributed by atoms with Crippen LogP contribution in [0, 0.1) is 17.8 Å². The predicted octanol–water partition coefficient (Wildman–Crippen LogP) is 1.83. The largest absolute Gasteiger partial charge is 0.463 e. The average molecular weight is 325 g/mol. The maximum Gasteiger partial charge on any atom is 0.267 e. The number of hydrogen-bond acceptors (Lipinski definition) is 4. The summed E-state index contributed by atoms with van der Waals surface area (Å²) in [5.74, 6) is 2.18. The Morgan fingerprint density at radius 3 is 2.92 bits per heavy atom. The zero-order valence-electron chi connectivity index (χ0n) is 13.2. The number of nitrogens with zero attached hydrogens (tertiary/aromatic N) is 2. The molecule has 2 bridgehead atoms. The molecule has 3 atom stereocenters. The van der Waals surface area contributed by atoms with Gasteiger partial charge in [-0.15, -0.1) is 0 Å². The van der Waals surface area contributed by atoms with Crippen molar-refractivity contribution in [3.63, 3.8) is 0 Å². The molecule has 1 N–H and O–H groups in total. The Morgan fingerprint density at radius 2 is 2.21 bits per heavy atom. The van der Waals surface area contributed by atoms with Gasteiger partial charge in [0.2, 0.25) is 5.91 Å². The van der Waals surface area contributed by atoms with Gasteiger partial charge in [-0.3, -0.25) is 9.59 Å². The quantitative estimate of drug-likeness (QED) is 0.851. The van der Waals surface area contributed by atoms with Crippen molar-refractivity contribution >= 4 is 5.91 Å². The van der Waals surface area contributed by atoms with Gasteiger partial charge in [-0.2, -0.15) is 5.10 Å². The zero-order valence-corrected chi connectivity index (χ0v) is 13.2. The first-order chi connectivity index (χ1) is 11.7. The van der Waals surface area contributed by atoms with Crippen LogP contribution in [0.15, 0.2) is 51.9 Å². The number of hydrogen-bond donors (Lipinski definition) is 1. The zero-order chi connectivity index (χ0) is 16.5. The van der Waals surface area contributed by atoms with E-state index in [1.54, 1.807) is 24.5 Å². The third kappa shape index (κ3) is 2.91. The molecular formula is C18H19N3O3. The molecule has 1 saturated carbocycles. The summed E-state index contributed by atoms with van der Waals surface area (Å²) < 4.78 is 6.45. The summed E-state index contributed by atoms with van der Waals surface area (Å²) in [6.07, 6.45) is 8.46. The lowest BCUT2D eigenvalue weighted by Gasteiger charge is -2.18. The van der Waals surface area contributed by atoms with Crippen molar-refractivity contribution in [1.82, 2.24) is 15.1 Å². The molecule has 0 aliphatic heterocycles. The van der Waals surface area contributed by atoms with Gasteiger partial charge in [0.1, 0.15) is 12.2 Å². The minimum atomic E-state index is -0.302. The molecule has 0 spiro atoms. The molecule has 4 rings (SSSR count). The van der Waals surface area contributed by atoms with Gasteiger partial charge in [0.25, 0.3) is 5.56 Å². The first-order valence-electron chi connectivity index (χ1n) is 8.26. The number of fused-ring (bicyclic) bond motifs is 2. The van der Waals surface area contributed by atoms with E-state index in [1.165, 1.54) is 17.2 Å². The van der Waals surface area contributed by atoms with Crippen molar-refractivity contribution in [3.8, 4) is 11.5 Å². The first-order valence-corrected chi connectivity index (χ1v) is 8.26. The van der Waals surface area contributed by atoms with Crippen LogP contribution in [0.5, 0.6) is 0 Å². The molecule has 1 fully saturated rings. The van der Waals surface area contributed by atoms with Crippen LogP contribution in [0.2, 0.25) is 0 Å². The Bertz CT molecular complexity index is 822. The first kappa shape index (κ1) is 14.9. The second-order valence-corrected chi connectivity index (χ2v) is 6.54. The summed E-state index contributed by atoms with van der Waals surface area (Å²) in [5.41, 5.74) is 0.231. The molecule has 2 aliphatic rings. The van der Waals surface area contributed by atoms with Crippen LogP contribution in [0.4, 0.5) is 0 Å². The van der Waals surface area contributed by atoms with Crippen molar-refractivity contribution in [3.05, 3.63) is 53.0 Å². The van der Waals surface area contributed by atoms with E-state index in [0.717, 1.165) is 6.42 Å². The average Bonchev–Trinajstić information content (AvgIpc) is 3.32. The van der Waals surface area contributed by atoms with E-state index >= 15 is 0 Å². The fourth-order valence-electron chi connectivity index (χ4n) is 3.68. The highest BCUT2D eigenvalue weighted by atomic mass is 16.3. The second kappa shape index (κ2) is 6.11. The third-order valence-electron chi connectivity index (χ3n) is 4.91. The molecule has 0 saturated heterocycles. The van der Waals surface area contributed by atoms with E-state index in [9.17, 15) is 9.59 Å². The van der Waals surface area contributed by atoms with E-state index in [4.69, 9.17) is 4.42 Å². The minimum absolute atomic E-state index is 0.0793. The lowest BCUT2D eigenvalue weighted by Crippen LogP contribution is -2.36. The van der Waals surface area contributed by atoms with Gasteiger partial charge in [0.15, 0.2) is 5.76 Å². The fourth-order valence-corrected chi connectivity index (χ4v) is 3.68. The van der Waals surface area contributed by atoms with Gasteiger partial charge in [-0.1, -0.05) is 12.2 Å². The van der Waals surface area contributed by atoms with Crippen molar-refractivity contribution in [2.45, 2.75) is 19.4 Å². The summed E-state index contributed by atoms with van der Waals surface area (Å²) in [7, 11) is 0. The van der Waals surface area contributed by atoms with Gasteiger partial charge in [-0.05, 0) is 48.8 Å². The Kier molecular flexibility index (Phi) is 3.80. The van der Waals surface area contributed by atoms with Crippen LogP contribution < -0.4 is 10.9 Å². The fraction of sp³-hybridized carbons (Fsp3) is 0.389. The number of allylic oxidation sites excluding steroid dienone is 2. The molecule has 2 heterocycles. The lowest BCUT2D eigenvalue weighted by atomic mass is 9.94. The summed E-state index contributed by atoms with van der Waals surface area (Å²) in [6, 6.07) is 6.51. The predicted molar refractivity (Wildman–Crippen MR) is 88.1 cm³/mol. The third-order valence-corrected chi connectivity index (χ3v) is 4.91. The van der Waals surface area contributed by atoms with Crippen molar-refractivity contribution in [1.29, 1.82) is 0 Å². The lowest BCUT2D eigenvalue weighted by molar-refractivity contribution is -0.122. The van der Waals surface area contributed by atoms with Crippen LogP contribution in [-0.2, 0) is 11.3 Å². The standard InChI is InChI=1S/C18H19N3O3/c22-17(19-10-14-9-12-3-4-13(14)8-12)11-21-18(23)6-5-15(20-21)16-2-1-7-24-16/h1-7,12-14H,8-11H2,(H,19,22)/t12-,13-,14-/m0/s1. The van der Waals surface area contributed by atoms with Crippen LogP contribution in [0.1, 0.15) is 12.8 Å². The topological polar surface area (TPSA) is 77.1 Å². The Balaban J connectivity index is 1.39. The summed E-state index contributed by atoms with van der Waals surface area (Å²) in [6.45, 7) is 0.584. The molecule has 6 heteroatoms. The minimum Gasteiger partial charge on any atom is -0.463 e. The Morgan fingerprint density at radius 1 is 1.29 bits per heavy atom. The number of carbonyl (C=O) groups is 1. The van der Waals surface area contributed by atoms with Gasteiger partial charge in [0, 0.05) is 12.6 Å². The molecule has 1 amide bonds. The van der Waals surface area contributed by atoms with E-state index in [-0.39, 0.29) is 18.0 Å². The molecule has 2 aromatic rings. The van der Waals surface area contributed by atoms with E-state index in [1.807, 2.05) is 0 Å². The Labute approximate surface area is 139 Å². The van der Waals surface area contributed by atoms with Crippen LogP contribution in [-0.4, -0.2) is 22.2 Å². The maximum atomic E-state index is 12.2. The summed E-state index contributed by atoms with van der Waals surface area (Å²) in [5, 5.41) is 7.15. The van der Waals surface area contributed by atoms with Crippen molar-refractivity contribution in [2.24, 2.45) is 17.8 Å². The van der Waals surface area contributed by atoms with Gasteiger partial charge in [0.05, 0.1) is 6.26 Å². The molecule has 2 aromatic heterocycles. The Hall–Kier alpha value is -2.63. The molecule has 0 radical (unpaired) electrons. The van der Waals surface area contributed by atoms with Crippen molar-refractivity contribution < 1.29 is 9.21 Å².